The second kappa shape index (κ2) is 11.0. The molecular formula is C26H27ClF3N3O5. The van der Waals surface area contributed by atoms with E-state index in [2.05, 4.69) is 4.98 Å². The number of benzene rings is 2. The Hall–Kier alpha value is -3.57. The Labute approximate surface area is 222 Å². The number of cyclic esters (lactones) is 1. The summed E-state index contributed by atoms with van der Waals surface area (Å²) in [5.41, 5.74) is 3.09. The van der Waals surface area contributed by atoms with Crippen LogP contribution in [0.5, 0.6) is 0 Å². The molecule has 0 aliphatic carbocycles. The Morgan fingerprint density at radius 2 is 1.87 bits per heavy atom. The summed E-state index contributed by atoms with van der Waals surface area (Å²) >= 11 is 0. The highest BCUT2D eigenvalue weighted by atomic mass is 35.5. The first-order valence-corrected chi connectivity index (χ1v) is 11.6. The van der Waals surface area contributed by atoms with Crippen LogP contribution in [0.3, 0.4) is 0 Å². The summed E-state index contributed by atoms with van der Waals surface area (Å²) in [7, 11) is 0. The molecule has 1 aliphatic rings. The molecule has 0 radical (unpaired) electrons. The van der Waals surface area contributed by atoms with Crippen LogP contribution < -0.4 is 16.2 Å². The number of fused-ring (bicyclic) bond motifs is 1. The molecule has 3 N–H and O–H groups in total. The van der Waals surface area contributed by atoms with E-state index in [1.54, 1.807) is 26.0 Å². The number of esters is 1. The van der Waals surface area contributed by atoms with Crippen LogP contribution in [-0.2, 0) is 20.4 Å². The van der Waals surface area contributed by atoms with Crippen molar-refractivity contribution in [3.63, 3.8) is 0 Å². The van der Waals surface area contributed by atoms with Gasteiger partial charge in [0.25, 0.3) is 5.56 Å². The number of rotatable bonds is 7. The van der Waals surface area contributed by atoms with Gasteiger partial charge in [0.05, 0.1) is 12.1 Å². The fourth-order valence-electron chi connectivity index (χ4n) is 4.22. The van der Waals surface area contributed by atoms with Gasteiger partial charge >= 0.3 is 18.2 Å². The summed E-state index contributed by atoms with van der Waals surface area (Å²) in [6.07, 6.45) is -5.42. The monoisotopic (exact) mass is 553 g/mol. The van der Waals surface area contributed by atoms with E-state index in [0.29, 0.717) is 24.0 Å². The van der Waals surface area contributed by atoms with Crippen molar-refractivity contribution in [3.05, 3.63) is 64.4 Å². The molecule has 1 fully saturated rings. The maximum atomic E-state index is 13.5. The van der Waals surface area contributed by atoms with Gasteiger partial charge in [-0.1, -0.05) is 24.3 Å². The van der Waals surface area contributed by atoms with Crippen LogP contribution in [-0.4, -0.2) is 41.8 Å². The normalized spacial score (nSPS) is 15.8. The van der Waals surface area contributed by atoms with E-state index in [9.17, 15) is 27.6 Å². The average molecular weight is 554 g/mol. The summed E-state index contributed by atoms with van der Waals surface area (Å²) in [5, 5.41) is 0.590. The van der Waals surface area contributed by atoms with Gasteiger partial charge < -0.3 is 20.2 Å². The molecule has 1 amide bonds. The number of hydrogen-bond acceptors (Lipinski definition) is 6. The zero-order valence-corrected chi connectivity index (χ0v) is 21.4. The predicted octanol–water partition coefficient (Wildman–Crippen LogP) is 5.02. The number of ether oxygens (including phenoxy) is 2. The first-order chi connectivity index (χ1) is 17.4. The standard InChI is InChI=1S/C26H26F3N3O5.ClH/c1-25(2,37-22(33)8-5-11-30)21-14-32(24(35)36-21)16-10-9-15-12-20(31-23(34)18(15)13-16)17-6-3-4-7-19(17)26(27,28)29;/h3-4,6-7,9-10,12-13,21H,5,8,11,14,30H2,1-2H3,(H,31,34);1H/t21-;/m0./s1. The first kappa shape index (κ1) is 29.0. The largest absolute Gasteiger partial charge is 0.456 e. The molecule has 0 spiro atoms. The SMILES string of the molecule is CC(C)(OC(=O)CCCN)[C@@H]1CN(c2ccc3cc(-c4ccccc4C(F)(F)F)[nH]c(=O)c3c2)C(=O)O1.Cl. The number of amides is 1. The average Bonchev–Trinajstić information content (AvgIpc) is 3.24. The second-order valence-corrected chi connectivity index (χ2v) is 9.28. The van der Waals surface area contributed by atoms with Gasteiger partial charge in [0.1, 0.15) is 5.60 Å². The van der Waals surface area contributed by atoms with Crippen LogP contribution >= 0.6 is 12.4 Å². The number of aromatic nitrogens is 1. The van der Waals surface area contributed by atoms with Crippen molar-refractivity contribution in [1.82, 2.24) is 4.98 Å². The molecule has 4 rings (SSSR count). The smallest absolute Gasteiger partial charge is 0.417 e. The van der Waals surface area contributed by atoms with Gasteiger partial charge in [-0.25, -0.2) is 4.79 Å². The van der Waals surface area contributed by atoms with Crippen LogP contribution in [0.1, 0.15) is 32.3 Å². The van der Waals surface area contributed by atoms with E-state index in [1.807, 2.05) is 0 Å². The first-order valence-electron chi connectivity index (χ1n) is 11.6. The number of alkyl halides is 3. The lowest BCUT2D eigenvalue weighted by molar-refractivity contribution is -0.165. The lowest BCUT2D eigenvalue weighted by Gasteiger charge is -2.29. The number of pyridine rings is 1. The lowest BCUT2D eigenvalue weighted by atomic mass is 10.0. The minimum atomic E-state index is -4.59. The fourth-order valence-corrected chi connectivity index (χ4v) is 4.22. The number of nitrogens with one attached hydrogen (secondary N) is 1. The van der Waals surface area contributed by atoms with E-state index in [0.717, 1.165) is 6.07 Å². The van der Waals surface area contributed by atoms with Crippen molar-refractivity contribution in [2.24, 2.45) is 5.73 Å². The van der Waals surface area contributed by atoms with Crippen molar-refractivity contribution in [1.29, 1.82) is 0 Å². The number of anilines is 1. The maximum absolute atomic E-state index is 13.5. The number of carbonyl (C=O) groups excluding carboxylic acids is 2. The van der Waals surface area contributed by atoms with Gasteiger partial charge in [-0.15, -0.1) is 12.4 Å². The Morgan fingerprint density at radius 1 is 1.16 bits per heavy atom. The molecule has 204 valence electrons. The molecule has 1 aliphatic heterocycles. The molecular weight excluding hydrogens is 527 g/mol. The number of hydrogen-bond donors (Lipinski definition) is 2. The van der Waals surface area contributed by atoms with Crippen LogP contribution in [0.25, 0.3) is 22.0 Å². The van der Waals surface area contributed by atoms with E-state index in [-0.39, 0.29) is 42.0 Å². The molecule has 0 saturated carbocycles. The number of nitrogens with two attached hydrogens (primary N) is 1. The fraction of sp³-hybridized carbons (Fsp3) is 0.346. The molecule has 38 heavy (non-hydrogen) atoms. The van der Waals surface area contributed by atoms with Gasteiger partial charge in [-0.05, 0) is 56.5 Å². The predicted molar refractivity (Wildman–Crippen MR) is 138 cm³/mol. The van der Waals surface area contributed by atoms with E-state index in [4.69, 9.17) is 15.2 Å². The zero-order valence-electron chi connectivity index (χ0n) is 20.6. The molecule has 0 bridgehead atoms. The third-order valence-corrected chi connectivity index (χ3v) is 6.21. The summed E-state index contributed by atoms with van der Waals surface area (Å²) in [6.45, 7) is 3.69. The van der Waals surface area contributed by atoms with Gasteiger partial charge in [0.2, 0.25) is 0 Å². The molecule has 0 unspecified atom stereocenters. The Morgan fingerprint density at radius 3 is 2.55 bits per heavy atom. The highest BCUT2D eigenvalue weighted by molar-refractivity contribution is 5.95. The van der Waals surface area contributed by atoms with E-state index in [1.165, 1.54) is 35.2 Å². The van der Waals surface area contributed by atoms with E-state index >= 15 is 0 Å². The number of aromatic amines is 1. The van der Waals surface area contributed by atoms with Gasteiger partial charge in [0, 0.05) is 28.8 Å². The number of carbonyl (C=O) groups is 2. The van der Waals surface area contributed by atoms with Gasteiger partial charge in [-0.2, -0.15) is 13.2 Å². The van der Waals surface area contributed by atoms with Crippen molar-refractivity contribution >= 4 is 40.9 Å². The molecule has 1 aromatic heterocycles. The minimum absolute atomic E-state index is 0. The van der Waals surface area contributed by atoms with Crippen molar-refractivity contribution in [3.8, 4) is 11.3 Å². The Kier molecular flexibility index (Phi) is 8.42. The third-order valence-electron chi connectivity index (χ3n) is 6.21. The second-order valence-electron chi connectivity index (χ2n) is 9.28. The summed E-state index contributed by atoms with van der Waals surface area (Å²) in [4.78, 5) is 41.4. The molecule has 2 heterocycles. The summed E-state index contributed by atoms with van der Waals surface area (Å²) in [6, 6.07) is 11.0. The number of halogens is 4. The van der Waals surface area contributed by atoms with Gasteiger partial charge in [0.15, 0.2) is 6.10 Å². The Balaban J connectivity index is 0.00000400. The highest BCUT2D eigenvalue weighted by Gasteiger charge is 2.44. The maximum Gasteiger partial charge on any atom is 0.417 e. The molecule has 12 heteroatoms. The molecule has 2 aromatic carbocycles. The molecule has 8 nitrogen and oxygen atoms in total. The van der Waals surface area contributed by atoms with Crippen molar-refractivity contribution in [2.45, 2.75) is 44.6 Å². The quantitative estimate of drug-likeness (QED) is 0.397. The Bertz CT molecular complexity index is 1410. The van der Waals surface area contributed by atoms with Crippen molar-refractivity contribution in [2.75, 3.05) is 18.0 Å². The van der Waals surface area contributed by atoms with Crippen LogP contribution in [0.4, 0.5) is 23.7 Å². The van der Waals surface area contributed by atoms with Crippen LogP contribution in [0.2, 0.25) is 0 Å². The summed E-state index contributed by atoms with van der Waals surface area (Å²) in [5.74, 6) is -0.454. The lowest BCUT2D eigenvalue weighted by Crippen LogP contribution is -2.43. The number of H-pyrrole nitrogens is 1. The van der Waals surface area contributed by atoms with Crippen LogP contribution in [0, 0.1) is 0 Å². The molecule has 1 atom stereocenters. The third kappa shape index (κ3) is 5.94. The molecule has 1 saturated heterocycles. The number of nitrogens with zero attached hydrogens (tertiary/aromatic N) is 1. The molecule has 3 aromatic rings. The van der Waals surface area contributed by atoms with E-state index < -0.39 is 41.1 Å². The topological polar surface area (TPSA) is 115 Å². The highest BCUT2D eigenvalue weighted by Crippen LogP contribution is 2.37. The van der Waals surface area contributed by atoms with Crippen LogP contribution in [0.15, 0.2) is 53.3 Å². The van der Waals surface area contributed by atoms with Gasteiger partial charge in [-0.3, -0.25) is 14.5 Å². The van der Waals surface area contributed by atoms with Crippen molar-refractivity contribution < 1.29 is 32.2 Å². The summed E-state index contributed by atoms with van der Waals surface area (Å²) < 4.78 is 51.4. The zero-order chi connectivity index (χ0) is 27.0. The minimum Gasteiger partial charge on any atom is -0.456 e.